The number of aromatic nitrogens is 3. The summed E-state index contributed by atoms with van der Waals surface area (Å²) in [4.78, 5) is 16.6. The number of hydrogen-bond acceptors (Lipinski definition) is 4. The molecule has 23 heavy (non-hydrogen) atoms. The van der Waals surface area contributed by atoms with Crippen molar-refractivity contribution < 1.29 is 4.79 Å². The van der Waals surface area contributed by atoms with Gasteiger partial charge in [0.2, 0.25) is 0 Å². The molecule has 2 atom stereocenters. The van der Waals surface area contributed by atoms with Gasteiger partial charge >= 0.3 is 0 Å². The highest BCUT2D eigenvalue weighted by Crippen LogP contribution is 2.26. The van der Waals surface area contributed by atoms with Crippen molar-refractivity contribution in [1.29, 1.82) is 0 Å². The molecule has 1 saturated heterocycles. The zero-order chi connectivity index (χ0) is 16.4. The molecule has 2 aromatic rings. The lowest BCUT2D eigenvalue weighted by Crippen LogP contribution is -2.51. The molecule has 0 saturated carbocycles. The molecule has 122 valence electrons. The van der Waals surface area contributed by atoms with Gasteiger partial charge in [-0.15, -0.1) is 0 Å². The van der Waals surface area contributed by atoms with E-state index >= 15 is 0 Å². The molecule has 2 N–H and O–H groups in total. The molecule has 1 aliphatic rings. The number of benzene rings is 1. The van der Waals surface area contributed by atoms with Gasteiger partial charge in [-0.1, -0.05) is 18.6 Å². The molecule has 1 aromatic carbocycles. The van der Waals surface area contributed by atoms with Gasteiger partial charge in [0, 0.05) is 19.1 Å². The Morgan fingerprint density at radius 3 is 2.78 bits per heavy atom. The van der Waals surface area contributed by atoms with Crippen LogP contribution in [0.5, 0.6) is 0 Å². The lowest BCUT2D eigenvalue weighted by molar-refractivity contribution is 0.0532. The topological polar surface area (TPSA) is 77.0 Å². The van der Waals surface area contributed by atoms with Crippen molar-refractivity contribution in [3.8, 4) is 5.69 Å². The highest BCUT2D eigenvalue weighted by atomic mass is 16.2. The van der Waals surface area contributed by atoms with Crippen molar-refractivity contribution in [2.24, 2.45) is 11.7 Å². The smallest absolute Gasteiger partial charge is 0.256 e. The first-order valence-electron chi connectivity index (χ1n) is 8.10. The second-order valence-corrected chi connectivity index (χ2v) is 6.26. The number of nitrogens with zero attached hydrogens (tertiary/aromatic N) is 4. The maximum absolute atomic E-state index is 13.2. The molecule has 0 bridgehead atoms. The molecule has 1 amide bonds. The summed E-state index contributed by atoms with van der Waals surface area (Å²) in [5, 5.41) is 8.34. The van der Waals surface area contributed by atoms with Gasteiger partial charge in [-0.2, -0.15) is 15.0 Å². The minimum absolute atomic E-state index is 0.0167. The van der Waals surface area contributed by atoms with Crippen LogP contribution in [0.4, 0.5) is 0 Å². The number of likely N-dealkylation sites (tertiary alicyclic amines) is 1. The van der Waals surface area contributed by atoms with Crippen molar-refractivity contribution in [1.82, 2.24) is 19.9 Å². The summed E-state index contributed by atoms with van der Waals surface area (Å²) in [6.45, 7) is 5.40. The van der Waals surface area contributed by atoms with Gasteiger partial charge < -0.3 is 10.6 Å². The summed E-state index contributed by atoms with van der Waals surface area (Å²) in [5.41, 5.74) is 8.32. The van der Waals surface area contributed by atoms with E-state index in [2.05, 4.69) is 17.1 Å². The van der Waals surface area contributed by atoms with Crippen LogP contribution in [0.3, 0.4) is 0 Å². The third kappa shape index (κ3) is 2.99. The molecule has 1 fully saturated rings. The average molecular weight is 313 g/mol. The molecule has 0 radical (unpaired) electrons. The van der Waals surface area contributed by atoms with E-state index in [1.54, 1.807) is 12.4 Å². The second kappa shape index (κ2) is 6.50. The van der Waals surface area contributed by atoms with E-state index in [0.29, 0.717) is 23.7 Å². The van der Waals surface area contributed by atoms with E-state index in [4.69, 9.17) is 5.73 Å². The largest absolute Gasteiger partial charge is 0.334 e. The van der Waals surface area contributed by atoms with Crippen LogP contribution < -0.4 is 5.73 Å². The first kappa shape index (κ1) is 15.7. The number of aryl methyl sites for hydroxylation is 1. The van der Waals surface area contributed by atoms with Crippen LogP contribution in [-0.2, 0) is 0 Å². The van der Waals surface area contributed by atoms with Crippen LogP contribution in [0.2, 0.25) is 0 Å². The fourth-order valence-corrected chi connectivity index (χ4v) is 3.35. The SMILES string of the molecule is Cc1ccc(-n2nccn2)c(C(=O)N2CCC[C@@H](C)C2CN)c1. The van der Waals surface area contributed by atoms with E-state index in [-0.39, 0.29) is 11.9 Å². The normalized spacial score (nSPS) is 21.4. The van der Waals surface area contributed by atoms with E-state index in [9.17, 15) is 4.79 Å². The van der Waals surface area contributed by atoms with E-state index in [0.717, 1.165) is 24.9 Å². The highest BCUT2D eigenvalue weighted by Gasteiger charge is 2.32. The molecule has 6 nitrogen and oxygen atoms in total. The molecule has 1 aromatic heterocycles. The molecular formula is C17H23N5O. The Morgan fingerprint density at radius 1 is 1.35 bits per heavy atom. The quantitative estimate of drug-likeness (QED) is 0.937. The van der Waals surface area contributed by atoms with Crippen molar-refractivity contribution in [3.05, 3.63) is 41.7 Å². The summed E-state index contributed by atoms with van der Waals surface area (Å²) < 4.78 is 0. The summed E-state index contributed by atoms with van der Waals surface area (Å²) in [5.74, 6) is 0.441. The van der Waals surface area contributed by atoms with Gasteiger partial charge in [0.1, 0.15) is 0 Å². The lowest BCUT2D eigenvalue weighted by Gasteiger charge is -2.39. The molecule has 3 rings (SSSR count). The molecule has 0 spiro atoms. The number of carbonyl (C=O) groups excluding carboxylic acids is 1. The Bertz CT molecular complexity index is 682. The minimum Gasteiger partial charge on any atom is -0.334 e. The average Bonchev–Trinajstić information content (AvgIpc) is 3.08. The Balaban J connectivity index is 2.00. The third-order valence-electron chi connectivity index (χ3n) is 4.63. The summed E-state index contributed by atoms with van der Waals surface area (Å²) in [6, 6.07) is 5.87. The van der Waals surface area contributed by atoms with Crippen LogP contribution in [0.15, 0.2) is 30.6 Å². The minimum atomic E-state index is 0.0167. The standard InChI is InChI=1S/C17H23N5O/c1-12-5-6-15(22-19-7-8-20-22)14(10-12)17(23)21-9-3-4-13(2)16(21)11-18/h5-8,10,13,16H,3-4,9,11,18H2,1-2H3/t13-,16?/m1/s1. The summed E-state index contributed by atoms with van der Waals surface area (Å²) in [7, 11) is 0. The van der Waals surface area contributed by atoms with Crippen molar-refractivity contribution >= 4 is 5.91 Å². The first-order valence-corrected chi connectivity index (χ1v) is 8.10. The second-order valence-electron chi connectivity index (χ2n) is 6.26. The van der Waals surface area contributed by atoms with Gasteiger partial charge in [-0.3, -0.25) is 4.79 Å². The van der Waals surface area contributed by atoms with Crippen LogP contribution in [0.25, 0.3) is 5.69 Å². The first-order chi connectivity index (χ1) is 11.1. The number of amides is 1. The number of carbonyl (C=O) groups is 1. The molecule has 1 aliphatic heterocycles. The van der Waals surface area contributed by atoms with Crippen molar-refractivity contribution in [2.75, 3.05) is 13.1 Å². The Hall–Kier alpha value is -2.21. The van der Waals surface area contributed by atoms with E-state index < -0.39 is 0 Å². The fraction of sp³-hybridized carbons (Fsp3) is 0.471. The maximum atomic E-state index is 13.2. The molecule has 2 heterocycles. The predicted molar refractivity (Wildman–Crippen MR) is 88.4 cm³/mol. The lowest BCUT2D eigenvalue weighted by atomic mass is 9.90. The summed E-state index contributed by atoms with van der Waals surface area (Å²) >= 11 is 0. The van der Waals surface area contributed by atoms with Gasteiger partial charge in [0.05, 0.1) is 23.6 Å². The van der Waals surface area contributed by atoms with Crippen LogP contribution in [-0.4, -0.2) is 44.9 Å². The number of hydrogen-bond donors (Lipinski definition) is 1. The van der Waals surface area contributed by atoms with Crippen LogP contribution in [0.1, 0.15) is 35.7 Å². The van der Waals surface area contributed by atoms with Crippen molar-refractivity contribution in [2.45, 2.75) is 32.7 Å². The number of rotatable bonds is 3. The Labute approximate surface area is 136 Å². The van der Waals surface area contributed by atoms with E-state index in [1.165, 1.54) is 4.80 Å². The van der Waals surface area contributed by atoms with Gasteiger partial charge in [0.15, 0.2) is 0 Å². The van der Waals surface area contributed by atoms with Gasteiger partial charge in [-0.05, 0) is 37.8 Å². The van der Waals surface area contributed by atoms with Crippen molar-refractivity contribution in [3.63, 3.8) is 0 Å². The van der Waals surface area contributed by atoms with Crippen LogP contribution >= 0.6 is 0 Å². The van der Waals surface area contributed by atoms with Crippen LogP contribution in [0, 0.1) is 12.8 Å². The third-order valence-corrected chi connectivity index (χ3v) is 4.63. The molecule has 6 heteroatoms. The zero-order valence-corrected chi connectivity index (χ0v) is 13.6. The molecule has 1 unspecified atom stereocenters. The highest BCUT2D eigenvalue weighted by molar-refractivity contribution is 5.98. The summed E-state index contributed by atoms with van der Waals surface area (Å²) in [6.07, 6.45) is 5.36. The van der Waals surface area contributed by atoms with Gasteiger partial charge in [-0.25, -0.2) is 0 Å². The van der Waals surface area contributed by atoms with Gasteiger partial charge in [0.25, 0.3) is 5.91 Å². The van der Waals surface area contributed by atoms with E-state index in [1.807, 2.05) is 30.0 Å². The number of nitrogens with two attached hydrogens (primary N) is 1. The molecular weight excluding hydrogens is 290 g/mol. The Morgan fingerprint density at radius 2 is 2.09 bits per heavy atom. The Kier molecular flexibility index (Phi) is 4.43. The zero-order valence-electron chi connectivity index (χ0n) is 13.6. The predicted octanol–water partition coefficient (Wildman–Crippen LogP) is 1.78. The monoisotopic (exact) mass is 313 g/mol. The maximum Gasteiger partial charge on any atom is 0.256 e. The fourth-order valence-electron chi connectivity index (χ4n) is 3.35. The molecule has 0 aliphatic carbocycles. The number of piperidine rings is 1.